The molecule has 0 saturated heterocycles. The summed E-state index contributed by atoms with van der Waals surface area (Å²) in [6.07, 6.45) is 0. The second-order valence-electron chi connectivity index (χ2n) is 4.63. The number of carbonyl (C=O) groups is 2. The van der Waals surface area contributed by atoms with Gasteiger partial charge in [-0.2, -0.15) is 0 Å². The van der Waals surface area contributed by atoms with E-state index in [1.54, 1.807) is 13.8 Å². The van der Waals surface area contributed by atoms with Gasteiger partial charge in [-0.15, -0.1) is 0 Å². The normalized spacial score (nSPS) is 11.7. The van der Waals surface area contributed by atoms with Crippen LogP contribution in [0.15, 0.2) is 16.6 Å². The van der Waals surface area contributed by atoms with Crippen LogP contribution in [-0.2, 0) is 4.79 Å². The summed E-state index contributed by atoms with van der Waals surface area (Å²) in [5, 5.41) is 7.95. The second kappa shape index (κ2) is 7.28. The minimum atomic E-state index is -0.504. The summed E-state index contributed by atoms with van der Waals surface area (Å²) < 4.78 is 0.998. The van der Waals surface area contributed by atoms with Crippen molar-refractivity contribution in [1.29, 1.82) is 0 Å². The van der Waals surface area contributed by atoms with E-state index in [1.165, 1.54) is 0 Å². The molecule has 0 fully saturated rings. The monoisotopic (exact) mass is 341 g/mol. The Labute approximate surface area is 127 Å². The van der Waals surface area contributed by atoms with Crippen LogP contribution in [0.4, 0.5) is 10.5 Å². The van der Waals surface area contributed by atoms with Gasteiger partial charge in [0.25, 0.3) is 0 Å². The summed E-state index contributed by atoms with van der Waals surface area (Å²) in [6.45, 7) is 7.92. The van der Waals surface area contributed by atoms with Crippen LogP contribution in [0.25, 0.3) is 0 Å². The number of anilines is 1. The maximum atomic E-state index is 11.9. The van der Waals surface area contributed by atoms with Crippen molar-refractivity contribution in [2.45, 2.75) is 33.7 Å². The Balaban J connectivity index is 2.73. The Bertz CT molecular complexity index is 494. The van der Waals surface area contributed by atoms with E-state index >= 15 is 0 Å². The maximum absolute atomic E-state index is 11.9. The van der Waals surface area contributed by atoms with Gasteiger partial charge in [0.1, 0.15) is 6.04 Å². The van der Waals surface area contributed by atoms with Gasteiger partial charge in [-0.3, -0.25) is 10.1 Å². The van der Waals surface area contributed by atoms with Gasteiger partial charge in [-0.05, 0) is 51.0 Å². The van der Waals surface area contributed by atoms with Crippen LogP contribution >= 0.6 is 15.9 Å². The highest BCUT2D eigenvalue weighted by molar-refractivity contribution is 9.10. The summed E-state index contributed by atoms with van der Waals surface area (Å²) in [7, 11) is 0. The minimum Gasteiger partial charge on any atom is -0.373 e. The van der Waals surface area contributed by atoms with E-state index in [9.17, 15) is 9.59 Å². The second-order valence-corrected chi connectivity index (χ2v) is 5.54. The third kappa shape index (κ3) is 4.52. The fraction of sp³-hybridized carbons (Fsp3) is 0.429. The van der Waals surface area contributed by atoms with Gasteiger partial charge in [0, 0.05) is 16.7 Å². The van der Waals surface area contributed by atoms with Crippen LogP contribution in [0.5, 0.6) is 0 Å². The third-order valence-electron chi connectivity index (χ3n) is 2.83. The number of nitrogens with one attached hydrogen (secondary N) is 3. The van der Waals surface area contributed by atoms with Crippen molar-refractivity contribution >= 4 is 33.6 Å². The van der Waals surface area contributed by atoms with Crippen molar-refractivity contribution in [2.75, 3.05) is 11.9 Å². The first-order chi connectivity index (χ1) is 9.35. The molecule has 1 aromatic rings. The van der Waals surface area contributed by atoms with Gasteiger partial charge in [-0.25, -0.2) is 4.79 Å². The molecular weight excluding hydrogens is 322 g/mol. The number of rotatable bonds is 4. The molecule has 6 heteroatoms. The summed E-state index contributed by atoms with van der Waals surface area (Å²) in [5.74, 6) is -0.363. The van der Waals surface area contributed by atoms with Gasteiger partial charge in [0.2, 0.25) is 5.91 Å². The van der Waals surface area contributed by atoms with Crippen LogP contribution in [0, 0.1) is 13.8 Å². The molecule has 0 bridgehead atoms. The topological polar surface area (TPSA) is 70.2 Å². The number of aryl methyl sites for hydroxylation is 2. The molecule has 0 radical (unpaired) electrons. The molecule has 1 atom stereocenters. The summed E-state index contributed by atoms with van der Waals surface area (Å²) in [6, 6.07) is 2.97. The number of hydrogen-bond acceptors (Lipinski definition) is 3. The molecular formula is C14H20BrN3O2. The van der Waals surface area contributed by atoms with Crippen molar-refractivity contribution in [1.82, 2.24) is 10.6 Å². The fourth-order valence-electron chi connectivity index (χ4n) is 1.85. The van der Waals surface area contributed by atoms with E-state index in [2.05, 4.69) is 31.9 Å². The lowest BCUT2D eigenvalue weighted by Crippen LogP contribution is -2.45. The molecule has 20 heavy (non-hydrogen) atoms. The standard InChI is InChI=1S/C14H20BrN3O2/c1-5-16-14(20)18-13(19)10(4)17-12-8(2)6-11(15)7-9(12)3/h6-7,10,17H,5H2,1-4H3,(H2,16,18,19,20). The molecule has 0 heterocycles. The van der Waals surface area contributed by atoms with Crippen LogP contribution in [0.2, 0.25) is 0 Å². The summed E-state index contributed by atoms with van der Waals surface area (Å²) in [5.41, 5.74) is 2.98. The molecule has 110 valence electrons. The number of amides is 3. The Kier molecular flexibility index (Phi) is 6.01. The number of carbonyl (C=O) groups excluding carboxylic acids is 2. The molecule has 1 unspecified atom stereocenters. The zero-order valence-corrected chi connectivity index (χ0v) is 13.7. The Morgan fingerprint density at radius 1 is 1.25 bits per heavy atom. The van der Waals surface area contributed by atoms with Crippen LogP contribution in [0.1, 0.15) is 25.0 Å². The number of halogens is 1. The van der Waals surface area contributed by atoms with Crippen molar-refractivity contribution < 1.29 is 9.59 Å². The third-order valence-corrected chi connectivity index (χ3v) is 3.28. The average molecular weight is 342 g/mol. The summed E-state index contributed by atoms with van der Waals surface area (Å²) in [4.78, 5) is 23.2. The number of hydrogen-bond donors (Lipinski definition) is 3. The van der Waals surface area contributed by atoms with Gasteiger partial charge < -0.3 is 10.6 Å². The van der Waals surface area contributed by atoms with Crippen LogP contribution < -0.4 is 16.0 Å². The average Bonchev–Trinajstić information content (AvgIpc) is 2.33. The zero-order valence-electron chi connectivity index (χ0n) is 12.1. The number of urea groups is 1. The van der Waals surface area contributed by atoms with Crippen LogP contribution in [-0.4, -0.2) is 24.5 Å². The Hall–Kier alpha value is -1.56. The smallest absolute Gasteiger partial charge is 0.321 e. The van der Waals surface area contributed by atoms with E-state index in [4.69, 9.17) is 0 Å². The molecule has 5 nitrogen and oxygen atoms in total. The van der Waals surface area contributed by atoms with Crippen molar-refractivity contribution in [3.63, 3.8) is 0 Å². The van der Waals surface area contributed by atoms with Gasteiger partial charge in [0.05, 0.1) is 0 Å². The van der Waals surface area contributed by atoms with Crippen molar-refractivity contribution in [3.05, 3.63) is 27.7 Å². The highest BCUT2D eigenvalue weighted by atomic mass is 79.9. The lowest BCUT2D eigenvalue weighted by Gasteiger charge is -2.18. The molecule has 0 spiro atoms. The lowest BCUT2D eigenvalue weighted by molar-refractivity contribution is -0.120. The lowest BCUT2D eigenvalue weighted by atomic mass is 10.1. The molecule has 3 amide bonds. The van der Waals surface area contributed by atoms with E-state index in [-0.39, 0.29) is 5.91 Å². The van der Waals surface area contributed by atoms with E-state index < -0.39 is 12.1 Å². The zero-order chi connectivity index (χ0) is 15.3. The first-order valence-corrected chi connectivity index (χ1v) is 7.26. The molecule has 1 aromatic carbocycles. The largest absolute Gasteiger partial charge is 0.373 e. The van der Waals surface area contributed by atoms with E-state index in [0.29, 0.717) is 6.54 Å². The SMILES string of the molecule is CCNC(=O)NC(=O)C(C)Nc1c(C)cc(Br)cc1C. The van der Waals surface area contributed by atoms with Crippen molar-refractivity contribution in [2.24, 2.45) is 0 Å². The highest BCUT2D eigenvalue weighted by Gasteiger charge is 2.17. The van der Waals surface area contributed by atoms with Gasteiger partial charge >= 0.3 is 6.03 Å². The predicted molar refractivity (Wildman–Crippen MR) is 83.9 cm³/mol. The Morgan fingerprint density at radius 2 is 1.80 bits per heavy atom. The number of benzene rings is 1. The minimum absolute atomic E-state index is 0.363. The molecule has 0 aliphatic heterocycles. The first kappa shape index (κ1) is 16.5. The maximum Gasteiger partial charge on any atom is 0.321 e. The molecule has 1 rings (SSSR count). The Morgan fingerprint density at radius 3 is 2.30 bits per heavy atom. The molecule has 3 N–H and O–H groups in total. The predicted octanol–water partition coefficient (Wildman–Crippen LogP) is 2.71. The highest BCUT2D eigenvalue weighted by Crippen LogP contribution is 2.25. The molecule has 0 aliphatic rings. The quantitative estimate of drug-likeness (QED) is 0.788. The molecule has 0 aromatic heterocycles. The van der Waals surface area contributed by atoms with E-state index in [0.717, 1.165) is 21.3 Å². The first-order valence-electron chi connectivity index (χ1n) is 6.47. The molecule has 0 saturated carbocycles. The van der Waals surface area contributed by atoms with E-state index in [1.807, 2.05) is 26.0 Å². The fourth-order valence-corrected chi connectivity index (χ4v) is 2.53. The van der Waals surface area contributed by atoms with Crippen LogP contribution in [0.3, 0.4) is 0 Å². The summed E-state index contributed by atoms with van der Waals surface area (Å²) >= 11 is 3.43. The van der Waals surface area contributed by atoms with Gasteiger partial charge in [0.15, 0.2) is 0 Å². The van der Waals surface area contributed by atoms with Crippen molar-refractivity contribution in [3.8, 4) is 0 Å². The number of imide groups is 1. The van der Waals surface area contributed by atoms with Gasteiger partial charge in [-0.1, -0.05) is 15.9 Å². The molecule has 0 aliphatic carbocycles.